The summed E-state index contributed by atoms with van der Waals surface area (Å²) in [5, 5.41) is 0. The van der Waals surface area contributed by atoms with Crippen molar-refractivity contribution in [3.05, 3.63) is 50.9 Å². The number of aryl methyl sites for hydroxylation is 1. The summed E-state index contributed by atoms with van der Waals surface area (Å²) in [5.74, 6) is 0.106. The highest BCUT2D eigenvalue weighted by Gasteiger charge is 2.15. The molecule has 0 aliphatic heterocycles. The lowest BCUT2D eigenvalue weighted by atomic mass is 10.0. The quantitative estimate of drug-likeness (QED) is 0.781. The molecule has 0 saturated heterocycles. The summed E-state index contributed by atoms with van der Waals surface area (Å²) in [6, 6.07) is 6.96. The average molecular weight is 366 g/mol. The minimum atomic E-state index is -0.359. The zero-order valence-corrected chi connectivity index (χ0v) is 14.1. The number of rotatable bonds is 4. The summed E-state index contributed by atoms with van der Waals surface area (Å²) in [5.41, 5.74) is 1.89. The third kappa shape index (κ3) is 3.06. The van der Waals surface area contributed by atoms with Gasteiger partial charge in [-0.2, -0.15) is 0 Å². The van der Waals surface area contributed by atoms with Crippen LogP contribution in [0.2, 0.25) is 0 Å². The Morgan fingerprint density at radius 1 is 1.27 bits per heavy atom. The van der Waals surface area contributed by atoms with Crippen molar-refractivity contribution in [2.75, 3.05) is 13.7 Å². The van der Waals surface area contributed by atoms with Gasteiger partial charge in [0.2, 0.25) is 0 Å². The predicted molar refractivity (Wildman–Crippen MR) is 87.3 cm³/mol. The Kier molecular flexibility index (Phi) is 5.03. The summed E-state index contributed by atoms with van der Waals surface area (Å²) in [6.07, 6.45) is 1.70. The first-order valence-corrected chi connectivity index (χ1v) is 7.49. The number of halogens is 1. The first-order valence-electron chi connectivity index (χ1n) is 6.70. The second-order valence-corrected chi connectivity index (χ2v) is 5.40. The van der Waals surface area contributed by atoms with E-state index < -0.39 is 0 Å². The maximum atomic E-state index is 11.9. The summed E-state index contributed by atoms with van der Waals surface area (Å²) in [7, 11) is 3.18. The van der Waals surface area contributed by atoms with Crippen LogP contribution in [0.3, 0.4) is 0 Å². The highest BCUT2D eigenvalue weighted by Crippen LogP contribution is 2.34. The lowest BCUT2D eigenvalue weighted by Crippen LogP contribution is -2.18. The molecule has 1 heterocycles. The summed E-state index contributed by atoms with van der Waals surface area (Å²) >= 11 is 3.27. The summed E-state index contributed by atoms with van der Waals surface area (Å²) < 4.78 is 12.1. The highest BCUT2D eigenvalue weighted by atomic mass is 79.9. The molecule has 5 nitrogen and oxygen atoms in total. The average Bonchev–Trinajstić information content (AvgIpc) is 2.53. The van der Waals surface area contributed by atoms with Crippen molar-refractivity contribution in [1.29, 1.82) is 0 Å². The Bertz CT molecular complexity index is 750. The van der Waals surface area contributed by atoms with Crippen molar-refractivity contribution in [2.24, 2.45) is 7.05 Å². The number of methoxy groups -OCH3 is 1. The molecule has 0 aliphatic rings. The highest BCUT2D eigenvalue weighted by molar-refractivity contribution is 9.10. The molecule has 1 aromatic heterocycles. The van der Waals surface area contributed by atoms with Gasteiger partial charge in [0.1, 0.15) is 10.2 Å². The minimum absolute atomic E-state index is 0.177. The molecule has 0 fully saturated rings. The normalized spacial score (nSPS) is 10.4. The molecule has 22 heavy (non-hydrogen) atoms. The minimum Gasteiger partial charge on any atom is -0.495 e. The Hall–Kier alpha value is -2.08. The SMILES string of the molecule is CCOC(=O)c1ccc(-c2cn(C)c(=O)c(Br)c2OC)cc1. The van der Waals surface area contributed by atoms with E-state index in [1.807, 2.05) is 0 Å². The van der Waals surface area contributed by atoms with Gasteiger partial charge in [0, 0.05) is 18.8 Å². The standard InChI is InChI=1S/C16H16BrNO4/c1-4-22-16(20)11-7-5-10(6-8-11)12-9-18(2)15(19)13(17)14(12)21-3/h5-9H,4H2,1-3H3. The Morgan fingerprint density at radius 2 is 1.91 bits per heavy atom. The van der Waals surface area contributed by atoms with Gasteiger partial charge in [-0.1, -0.05) is 12.1 Å². The first-order chi connectivity index (χ1) is 10.5. The van der Waals surface area contributed by atoms with Gasteiger partial charge in [0.25, 0.3) is 5.56 Å². The van der Waals surface area contributed by atoms with Crippen LogP contribution in [-0.2, 0) is 11.8 Å². The second kappa shape index (κ2) is 6.79. The fourth-order valence-corrected chi connectivity index (χ4v) is 2.74. The van der Waals surface area contributed by atoms with E-state index in [-0.39, 0.29) is 11.5 Å². The molecule has 2 rings (SSSR count). The van der Waals surface area contributed by atoms with Crippen LogP contribution in [0.1, 0.15) is 17.3 Å². The Labute approximate surface area is 136 Å². The molecule has 0 atom stereocenters. The molecule has 2 aromatic rings. The molecule has 0 saturated carbocycles. The van der Waals surface area contributed by atoms with Crippen LogP contribution >= 0.6 is 15.9 Å². The molecule has 0 radical (unpaired) electrons. The molecule has 0 spiro atoms. The van der Waals surface area contributed by atoms with Gasteiger partial charge >= 0.3 is 5.97 Å². The number of pyridine rings is 1. The van der Waals surface area contributed by atoms with E-state index in [0.717, 1.165) is 11.1 Å². The van der Waals surface area contributed by atoms with Crippen LogP contribution in [0.4, 0.5) is 0 Å². The molecular weight excluding hydrogens is 350 g/mol. The van der Waals surface area contributed by atoms with Gasteiger partial charge in [-0.15, -0.1) is 0 Å². The van der Waals surface area contributed by atoms with Gasteiger partial charge in [-0.05, 0) is 40.5 Å². The molecule has 0 N–H and O–H groups in total. The van der Waals surface area contributed by atoms with Crippen LogP contribution in [0.25, 0.3) is 11.1 Å². The van der Waals surface area contributed by atoms with E-state index in [1.54, 1.807) is 44.4 Å². The van der Waals surface area contributed by atoms with Crippen molar-refractivity contribution in [2.45, 2.75) is 6.92 Å². The van der Waals surface area contributed by atoms with Crippen molar-refractivity contribution in [3.63, 3.8) is 0 Å². The maximum Gasteiger partial charge on any atom is 0.338 e. The number of ether oxygens (including phenoxy) is 2. The van der Waals surface area contributed by atoms with E-state index in [4.69, 9.17) is 9.47 Å². The first kappa shape index (κ1) is 16.3. The second-order valence-electron chi connectivity index (χ2n) is 4.60. The van der Waals surface area contributed by atoms with E-state index >= 15 is 0 Å². The number of esters is 1. The van der Waals surface area contributed by atoms with Crippen molar-refractivity contribution >= 4 is 21.9 Å². The molecule has 0 unspecified atom stereocenters. The third-order valence-corrected chi connectivity index (χ3v) is 3.89. The van der Waals surface area contributed by atoms with E-state index in [2.05, 4.69) is 15.9 Å². The van der Waals surface area contributed by atoms with Gasteiger partial charge in [0.05, 0.1) is 19.3 Å². The van der Waals surface area contributed by atoms with Gasteiger partial charge < -0.3 is 14.0 Å². The number of carbonyl (C=O) groups is 1. The third-order valence-electron chi connectivity index (χ3n) is 3.19. The van der Waals surface area contributed by atoms with Gasteiger partial charge in [-0.25, -0.2) is 4.79 Å². The molecule has 116 valence electrons. The predicted octanol–water partition coefficient (Wildman–Crippen LogP) is 3.00. The number of carbonyl (C=O) groups excluding carboxylic acids is 1. The zero-order chi connectivity index (χ0) is 16.3. The molecule has 0 amide bonds. The van der Waals surface area contributed by atoms with Crippen LogP contribution in [0.15, 0.2) is 39.7 Å². The number of hydrogen-bond donors (Lipinski definition) is 0. The van der Waals surface area contributed by atoms with E-state index in [1.165, 1.54) is 11.7 Å². The Balaban J connectivity index is 2.49. The van der Waals surface area contributed by atoms with Crippen LogP contribution in [0, 0.1) is 0 Å². The van der Waals surface area contributed by atoms with E-state index in [0.29, 0.717) is 22.4 Å². The van der Waals surface area contributed by atoms with E-state index in [9.17, 15) is 9.59 Å². The fraction of sp³-hybridized carbons (Fsp3) is 0.250. The lowest BCUT2D eigenvalue weighted by molar-refractivity contribution is 0.0526. The smallest absolute Gasteiger partial charge is 0.338 e. The maximum absolute atomic E-state index is 11.9. The van der Waals surface area contributed by atoms with Gasteiger partial charge in [0.15, 0.2) is 0 Å². The van der Waals surface area contributed by atoms with Crippen molar-refractivity contribution in [1.82, 2.24) is 4.57 Å². The number of aromatic nitrogens is 1. The largest absolute Gasteiger partial charge is 0.495 e. The molecule has 0 aliphatic carbocycles. The number of nitrogens with zero attached hydrogens (tertiary/aromatic N) is 1. The van der Waals surface area contributed by atoms with Crippen LogP contribution in [-0.4, -0.2) is 24.3 Å². The molecular formula is C16H16BrNO4. The zero-order valence-electron chi connectivity index (χ0n) is 12.6. The summed E-state index contributed by atoms with van der Waals surface area (Å²) in [6.45, 7) is 2.10. The number of benzene rings is 1. The molecule has 6 heteroatoms. The number of hydrogen-bond acceptors (Lipinski definition) is 4. The van der Waals surface area contributed by atoms with Gasteiger partial charge in [-0.3, -0.25) is 4.79 Å². The fourth-order valence-electron chi connectivity index (χ4n) is 2.09. The molecule has 1 aromatic carbocycles. The molecule has 0 bridgehead atoms. The van der Waals surface area contributed by atoms with Crippen LogP contribution < -0.4 is 10.3 Å². The monoisotopic (exact) mass is 365 g/mol. The summed E-state index contributed by atoms with van der Waals surface area (Å²) in [4.78, 5) is 23.6. The lowest BCUT2D eigenvalue weighted by Gasteiger charge is -2.12. The topological polar surface area (TPSA) is 57.5 Å². The Morgan fingerprint density at radius 3 is 2.45 bits per heavy atom. The van der Waals surface area contributed by atoms with Crippen molar-refractivity contribution < 1.29 is 14.3 Å². The van der Waals surface area contributed by atoms with Crippen molar-refractivity contribution in [3.8, 4) is 16.9 Å². The van der Waals surface area contributed by atoms with Crippen LogP contribution in [0.5, 0.6) is 5.75 Å².